The van der Waals surface area contributed by atoms with Gasteiger partial charge in [0.15, 0.2) is 0 Å². The van der Waals surface area contributed by atoms with E-state index in [0.29, 0.717) is 30.1 Å². The summed E-state index contributed by atoms with van der Waals surface area (Å²) in [6.45, 7) is 5.79. The smallest absolute Gasteiger partial charge is 0.224 e. The highest BCUT2D eigenvalue weighted by Crippen LogP contribution is 2.16. The van der Waals surface area contributed by atoms with Gasteiger partial charge in [-0.15, -0.1) is 0 Å². The molecule has 0 aromatic heterocycles. The predicted molar refractivity (Wildman–Crippen MR) is 73.4 cm³/mol. The fourth-order valence-corrected chi connectivity index (χ4v) is 1.51. The van der Waals surface area contributed by atoms with Crippen LogP contribution >= 0.6 is 0 Å². The molecule has 0 heterocycles. The minimum absolute atomic E-state index is 0.0102. The Hall–Kier alpha value is -1.84. The summed E-state index contributed by atoms with van der Waals surface area (Å²) in [5, 5.41) is 5.57. The average Bonchev–Trinajstić information content (AvgIpc) is 2.28. The standard InChI is InChI=1S/C14H20N2O2/c1-4-13(17)15-11-6-5-7-12(9-11)16-14(18)8-10(2)3/h5-7,9-10H,4,8H2,1-3H3,(H,15,17)(H,16,18). The summed E-state index contributed by atoms with van der Waals surface area (Å²) in [4.78, 5) is 22.9. The van der Waals surface area contributed by atoms with E-state index in [1.165, 1.54) is 0 Å². The van der Waals surface area contributed by atoms with Crippen LogP contribution in [0.5, 0.6) is 0 Å². The number of hydrogen-bond donors (Lipinski definition) is 2. The molecule has 98 valence electrons. The fraction of sp³-hybridized carbons (Fsp3) is 0.429. The fourth-order valence-electron chi connectivity index (χ4n) is 1.51. The molecule has 0 unspecified atom stereocenters. The van der Waals surface area contributed by atoms with E-state index >= 15 is 0 Å². The van der Waals surface area contributed by atoms with Crippen LogP contribution in [-0.2, 0) is 9.59 Å². The second kappa shape index (κ2) is 6.79. The zero-order chi connectivity index (χ0) is 13.5. The minimum Gasteiger partial charge on any atom is -0.326 e. The summed E-state index contributed by atoms with van der Waals surface area (Å²) in [6.07, 6.45) is 0.926. The van der Waals surface area contributed by atoms with E-state index in [2.05, 4.69) is 10.6 Å². The molecule has 1 rings (SSSR count). The lowest BCUT2D eigenvalue weighted by Gasteiger charge is -2.09. The van der Waals surface area contributed by atoms with Crippen LogP contribution in [0.1, 0.15) is 33.6 Å². The first-order valence-corrected chi connectivity index (χ1v) is 6.21. The van der Waals surface area contributed by atoms with Gasteiger partial charge in [0.05, 0.1) is 0 Å². The molecule has 0 bridgehead atoms. The van der Waals surface area contributed by atoms with Crippen molar-refractivity contribution in [1.82, 2.24) is 0 Å². The Bertz CT molecular complexity index is 428. The SMILES string of the molecule is CCC(=O)Nc1cccc(NC(=O)CC(C)C)c1. The molecular weight excluding hydrogens is 228 g/mol. The molecule has 0 fully saturated rings. The molecule has 0 saturated carbocycles. The van der Waals surface area contributed by atoms with Gasteiger partial charge in [0.25, 0.3) is 0 Å². The molecule has 18 heavy (non-hydrogen) atoms. The van der Waals surface area contributed by atoms with Crippen LogP contribution < -0.4 is 10.6 Å². The lowest BCUT2D eigenvalue weighted by molar-refractivity contribution is -0.117. The molecule has 1 aromatic carbocycles. The van der Waals surface area contributed by atoms with Gasteiger partial charge in [-0.2, -0.15) is 0 Å². The van der Waals surface area contributed by atoms with Crippen LogP contribution in [0.15, 0.2) is 24.3 Å². The van der Waals surface area contributed by atoms with Gasteiger partial charge in [-0.05, 0) is 24.1 Å². The normalized spacial score (nSPS) is 10.2. The van der Waals surface area contributed by atoms with Crippen LogP contribution in [0.2, 0.25) is 0 Å². The quantitative estimate of drug-likeness (QED) is 0.841. The van der Waals surface area contributed by atoms with E-state index in [1.54, 1.807) is 31.2 Å². The first-order chi connectivity index (χ1) is 8.51. The van der Waals surface area contributed by atoms with E-state index in [0.717, 1.165) is 0 Å². The number of nitrogens with one attached hydrogen (secondary N) is 2. The Morgan fingerprint density at radius 2 is 1.67 bits per heavy atom. The van der Waals surface area contributed by atoms with E-state index < -0.39 is 0 Å². The van der Waals surface area contributed by atoms with Gasteiger partial charge in [0.1, 0.15) is 0 Å². The highest BCUT2D eigenvalue weighted by Gasteiger charge is 2.06. The zero-order valence-electron chi connectivity index (χ0n) is 11.1. The molecule has 0 aliphatic carbocycles. The summed E-state index contributed by atoms with van der Waals surface area (Å²) >= 11 is 0. The number of carbonyl (C=O) groups is 2. The van der Waals surface area contributed by atoms with Crippen molar-refractivity contribution < 1.29 is 9.59 Å². The molecule has 0 aliphatic heterocycles. The van der Waals surface area contributed by atoms with E-state index in [1.807, 2.05) is 13.8 Å². The van der Waals surface area contributed by atoms with Crippen LogP contribution in [0.4, 0.5) is 11.4 Å². The number of hydrogen-bond acceptors (Lipinski definition) is 2. The predicted octanol–water partition coefficient (Wildman–Crippen LogP) is 3.02. The summed E-state index contributed by atoms with van der Waals surface area (Å²) in [5.74, 6) is 0.276. The van der Waals surface area contributed by atoms with Gasteiger partial charge >= 0.3 is 0 Å². The Morgan fingerprint density at radius 1 is 1.11 bits per heavy atom. The molecule has 2 N–H and O–H groups in total. The van der Waals surface area contributed by atoms with E-state index in [9.17, 15) is 9.59 Å². The molecule has 0 aliphatic rings. The summed E-state index contributed by atoms with van der Waals surface area (Å²) in [6, 6.07) is 7.16. The lowest BCUT2D eigenvalue weighted by Crippen LogP contribution is -2.14. The van der Waals surface area contributed by atoms with Crippen molar-refractivity contribution in [2.45, 2.75) is 33.6 Å². The zero-order valence-corrected chi connectivity index (χ0v) is 11.1. The first-order valence-electron chi connectivity index (χ1n) is 6.21. The molecule has 4 heteroatoms. The maximum absolute atomic E-state index is 11.6. The molecule has 0 saturated heterocycles. The van der Waals surface area contributed by atoms with Crippen molar-refractivity contribution in [3.05, 3.63) is 24.3 Å². The Labute approximate surface area is 108 Å². The minimum atomic E-state index is -0.0411. The van der Waals surface area contributed by atoms with Crippen molar-refractivity contribution in [2.75, 3.05) is 10.6 Å². The van der Waals surface area contributed by atoms with Gasteiger partial charge in [0, 0.05) is 24.2 Å². The van der Waals surface area contributed by atoms with E-state index in [-0.39, 0.29) is 11.8 Å². The molecule has 2 amide bonds. The Morgan fingerprint density at radius 3 is 2.17 bits per heavy atom. The highest BCUT2D eigenvalue weighted by molar-refractivity contribution is 5.93. The number of anilines is 2. The molecular formula is C14H20N2O2. The molecule has 0 radical (unpaired) electrons. The number of amides is 2. The summed E-state index contributed by atoms with van der Waals surface area (Å²) in [7, 11) is 0. The lowest BCUT2D eigenvalue weighted by atomic mass is 10.1. The van der Waals surface area contributed by atoms with Crippen molar-refractivity contribution in [2.24, 2.45) is 5.92 Å². The molecule has 4 nitrogen and oxygen atoms in total. The summed E-state index contributed by atoms with van der Waals surface area (Å²) in [5.41, 5.74) is 1.40. The largest absolute Gasteiger partial charge is 0.326 e. The number of carbonyl (C=O) groups excluding carboxylic acids is 2. The number of rotatable bonds is 5. The third-order valence-electron chi connectivity index (χ3n) is 2.34. The van der Waals surface area contributed by atoms with Crippen LogP contribution in [-0.4, -0.2) is 11.8 Å². The van der Waals surface area contributed by atoms with Crippen LogP contribution in [0.3, 0.4) is 0 Å². The van der Waals surface area contributed by atoms with Crippen molar-refractivity contribution in [1.29, 1.82) is 0 Å². The third-order valence-corrected chi connectivity index (χ3v) is 2.34. The first kappa shape index (κ1) is 14.2. The second-order valence-corrected chi connectivity index (χ2v) is 4.63. The summed E-state index contributed by atoms with van der Waals surface area (Å²) < 4.78 is 0. The average molecular weight is 248 g/mol. The third kappa shape index (κ3) is 4.99. The topological polar surface area (TPSA) is 58.2 Å². The Kier molecular flexibility index (Phi) is 5.36. The van der Waals surface area contributed by atoms with Gasteiger partial charge < -0.3 is 10.6 Å². The van der Waals surface area contributed by atoms with Gasteiger partial charge in [0.2, 0.25) is 11.8 Å². The number of benzene rings is 1. The molecule has 0 spiro atoms. The Balaban J connectivity index is 2.64. The maximum Gasteiger partial charge on any atom is 0.224 e. The van der Waals surface area contributed by atoms with Gasteiger partial charge in [-0.25, -0.2) is 0 Å². The van der Waals surface area contributed by atoms with Gasteiger partial charge in [-0.1, -0.05) is 26.8 Å². The van der Waals surface area contributed by atoms with Crippen molar-refractivity contribution in [3.8, 4) is 0 Å². The second-order valence-electron chi connectivity index (χ2n) is 4.63. The molecule has 0 atom stereocenters. The monoisotopic (exact) mass is 248 g/mol. The maximum atomic E-state index is 11.6. The highest BCUT2D eigenvalue weighted by atomic mass is 16.2. The van der Waals surface area contributed by atoms with Crippen molar-refractivity contribution in [3.63, 3.8) is 0 Å². The van der Waals surface area contributed by atoms with Crippen LogP contribution in [0, 0.1) is 5.92 Å². The van der Waals surface area contributed by atoms with Crippen molar-refractivity contribution >= 4 is 23.2 Å². The van der Waals surface area contributed by atoms with Gasteiger partial charge in [-0.3, -0.25) is 9.59 Å². The van der Waals surface area contributed by atoms with E-state index in [4.69, 9.17) is 0 Å². The molecule has 1 aromatic rings. The van der Waals surface area contributed by atoms with Crippen LogP contribution in [0.25, 0.3) is 0 Å².